The summed E-state index contributed by atoms with van der Waals surface area (Å²) in [5, 5.41) is 0. The Labute approximate surface area is 123 Å². The van der Waals surface area contributed by atoms with Gasteiger partial charge in [-0.05, 0) is 46.3 Å². The number of nitrogens with two attached hydrogens (primary N) is 1. The van der Waals surface area contributed by atoms with Gasteiger partial charge in [-0.1, -0.05) is 29.3 Å². The molecule has 2 N–H and O–H groups in total. The van der Waals surface area contributed by atoms with Crippen molar-refractivity contribution in [2.75, 3.05) is 33.7 Å². The Morgan fingerprint density at radius 1 is 1.15 bits per heavy atom. The predicted molar refractivity (Wildman–Crippen MR) is 86.0 cm³/mol. The van der Waals surface area contributed by atoms with Gasteiger partial charge in [0.1, 0.15) is 0 Å². The van der Waals surface area contributed by atoms with E-state index in [1.165, 1.54) is 29.5 Å². The lowest BCUT2D eigenvalue weighted by atomic mass is 9.96. The van der Waals surface area contributed by atoms with Crippen molar-refractivity contribution in [2.24, 2.45) is 5.73 Å². The summed E-state index contributed by atoms with van der Waals surface area (Å²) in [6, 6.07) is 7.92. The number of nitrogens with zero attached hydrogens (tertiary/aromatic N) is 2. The van der Waals surface area contributed by atoms with E-state index in [2.05, 4.69) is 55.9 Å². The smallest absolute Gasteiger partial charge is 0.0470 e. The highest BCUT2D eigenvalue weighted by Crippen LogP contribution is 2.26. The standard InChI is InChI=1S/C17H29N3/c1-13-9-14(2)11-15(10-13)17(12-18)20-7-5-16(6-8-20)19(3)4/h9-11,16-17H,5-8,12,18H2,1-4H3. The van der Waals surface area contributed by atoms with Crippen molar-refractivity contribution in [1.82, 2.24) is 9.80 Å². The number of hydrogen-bond acceptors (Lipinski definition) is 3. The van der Waals surface area contributed by atoms with Crippen LogP contribution >= 0.6 is 0 Å². The van der Waals surface area contributed by atoms with Gasteiger partial charge in [0.15, 0.2) is 0 Å². The third-order valence-corrected chi connectivity index (χ3v) is 4.52. The maximum atomic E-state index is 6.08. The molecule has 1 aliphatic rings. The molecule has 0 radical (unpaired) electrons. The Kier molecular flexibility index (Phi) is 5.19. The number of likely N-dealkylation sites (tertiary alicyclic amines) is 1. The predicted octanol–water partition coefficient (Wildman–Crippen LogP) is 2.33. The first kappa shape index (κ1) is 15.5. The van der Waals surface area contributed by atoms with E-state index < -0.39 is 0 Å². The van der Waals surface area contributed by atoms with E-state index >= 15 is 0 Å². The van der Waals surface area contributed by atoms with Crippen LogP contribution in [-0.4, -0.2) is 49.6 Å². The van der Waals surface area contributed by atoms with Crippen molar-refractivity contribution < 1.29 is 0 Å². The summed E-state index contributed by atoms with van der Waals surface area (Å²) in [5.41, 5.74) is 10.1. The molecule has 1 heterocycles. The SMILES string of the molecule is Cc1cc(C)cc(C(CN)N2CCC(N(C)C)CC2)c1. The second kappa shape index (κ2) is 6.70. The number of rotatable bonds is 4. The van der Waals surface area contributed by atoms with Gasteiger partial charge in [0.25, 0.3) is 0 Å². The molecular weight excluding hydrogens is 246 g/mol. The van der Waals surface area contributed by atoms with Crippen LogP contribution < -0.4 is 5.73 Å². The fourth-order valence-electron chi connectivity index (χ4n) is 3.41. The van der Waals surface area contributed by atoms with Crippen molar-refractivity contribution in [3.05, 3.63) is 34.9 Å². The van der Waals surface area contributed by atoms with Gasteiger partial charge >= 0.3 is 0 Å². The summed E-state index contributed by atoms with van der Waals surface area (Å²) in [6.45, 7) is 7.34. The van der Waals surface area contributed by atoms with E-state index in [0.29, 0.717) is 12.6 Å². The quantitative estimate of drug-likeness (QED) is 0.915. The van der Waals surface area contributed by atoms with Gasteiger partial charge in [-0.2, -0.15) is 0 Å². The van der Waals surface area contributed by atoms with Gasteiger partial charge in [-0.3, -0.25) is 4.90 Å². The Balaban J connectivity index is 2.09. The average molecular weight is 275 g/mol. The van der Waals surface area contributed by atoms with Crippen LogP contribution in [0.15, 0.2) is 18.2 Å². The zero-order chi connectivity index (χ0) is 14.7. The molecule has 1 aromatic rings. The lowest BCUT2D eigenvalue weighted by molar-refractivity contribution is 0.111. The number of piperidine rings is 1. The van der Waals surface area contributed by atoms with E-state index in [1.807, 2.05) is 0 Å². The Morgan fingerprint density at radius 3 is 2.15 bits per heavy atom. The highest BCUT2D eigenvalue weighted by atomic mass is 15.2. The highest BCUT2D eigenvalue weighted by molar-refractivity contribution is 5.31. The molecule has 0 aromatic heterocycles. The fraction of sp³-hybridized carbons (Fsp3) is 0.647. The number of benzene rings is 1. The molecule has 3 heteroatoms. The minimum Gasteiger partial charge on any atom is -0.329 e. The fourth-order valence-corrected chi connectivity index (χ4v) is 3.41. The van der Waals surface area contributed by atoms with Gasteiger partial charge in [0.2, 0.25) is 0 Å². The molecule has 1 unspecified atom stereocenters. The van der Waals surface area contributed by atoms with E-state index in [9.17, 15) is 0 Å². The minimum atomic E-state index is 0.372. The normalized spacial score (nSPS) is 19.5. The maximum absolute atomic E-state index is 6.08. The molecule has 0 aliphatic carbocycles. The third-order valence-electron chi connectivity index (χ3n) is 4.52. The third kappa shape index (κ3) is 3.60. The van der Waals surface area contributed by atoms with Crippen molar-refractivity contribution in [2.45, 2.75) is 38.8 Å². The zero-order valence-corrected chi connectivity index (χ0v) is 13.4. The van der Waals surface area contributed by atoms with Crippen molar-refractivity contribution in [3.8, 4) is 0 Å². The second-order valence-corrected chi connectivity index (χ2v) is 6.40. The molecule has 1 saturated heterocycles. The van der Waals surface area contributed by atoms with Crippen LogP contribution in [-0.2, 0) is 0 Å². The van der Waals surface area contributed by atoms with Crippen LogP contribution in [0.4, 0.5) is 0 Å². The molecule has 0 bridgehead atoms. The lowest BCUT2D eigenvalue weighted by Gasteiger charge is -2.39. The van der Waals surface area contributed by atoms with Crippen molar-refractivity contribution >= 4 is 0 Å². The monoisotopic (exact) mass is 275 g/mol. The summed E-state index contributed by atoms with van der Waals surface area (Å²) in [4.78, 5) is 4.92. The Morgan fingerprint density at radius 2 is 1.70 bits per heavy atom. The summed E-state index contributed by atoms with van der Waals surface area (Å²) < 4.78 is 0. The van der Waals surface area contributed by atoms with Crippen LogP contribution in [0, 0.1) is 13.8 Å². The van der Waals surface area contributed by atoms with Crippen LogP contribution in [0.25, 0.3) is 0 Å². The average Bonchev–Trinajstić information content (AvgIpc) is 2.39. The van der Waals surface area contributed by atoms with Gasteiger partial charge < -0.3 is 10.6 Å². The minimum absolute atomic E-state index is 0.372. The molecule has 1 atom stereocenters. The first-order valence-electron chi connectivity index (χ1n) is 7.70. The van der Waals surface area contributed by atoms with E-state index in [1.54, 1.807) is 0 Å². The zero-order valence-electron chi connectivity index (χ0n) is 13.4. The van der Waals surface area contributed by atoms with Crippen molar-refractivity contribution in [1.29, 1.82) is 0 Å². The molecule has 3 nitrogen and oxygen atoms in total. The summed E-state index contributed by atoms with van der Waals surface area (Å²) in [7, 11) is 4.37. The summed E-state index contributed by atoms with van der Waals surface area (Å²) in [6.07, 6.45) is 2.49. The summed E-state index contributed by atoms with van der Waals surface area (Å²) in [5.74, 6) is 0. The molecule has 112 valence electrons. The largest absolute Gasteiger partial charge is 0.329 e. The molecule has 0 spiro atoms. The van der Waals surface area contributed by atoms with E-state index in [4.69, 9.17) is 5.73 Å². The molecule has 1 aromatic carbocycles. The van der Waals surface area contributed by atoms with Gasteiger partial charge in [-0.25, -0.2) is 0 Å². The molecular formula is C17H29N3. The van der Waals surface area contributed by atoms with Crippen LogP contribution in [0.1, 0.15) is 35.6 Å². The molecule has 0 amide bonds. The van der Waals surface area contributed by atoms with E-state index in [0.717, 1.165) is 19.1 Å². The second-order valence-electron chi connectivity index (χ2n) is 6.40. The maximum Gasteiger partial charge on any atom is 0.0470 e. The van der Waals surface area contributed by atoms with Crippen LogP contribution in [0.3, 0.4) is 0 Å². The summed E-state index contributed by atoms with van der Waals surface area (Å²) >= 11 is 0. The topological polar surface area (TPSA) is 32.5 Å². The number of hydrogen-bond donors (Lipinski definition) is 1. The van der Waals surface area contributed by atoms with Gasteiger partial charge in [0.05, 0.1) is 0 Å². The molecule has 2 rings (SSSR count). The number of aryl methyl sites for hydroxylation is 2. The molecule has 0 saturated carbocycles. The van der Waals surface area contributed by atoms with Crippen molar-refractivity contribution in [3.63, 3.8) is 0 Å². The lowest BCUT2D eigenvalue weighted by Crippen LogP contribution is -2.45. The van der Waals surface area contributed by atoms with Crippen LogP contribution in [0.2, 0.25) is 0 Å². The Hall–Kier alpha value is -0.900. The van der Waals surface area contributed by atoms with Gasteiger partial charge in [0, 0.05) is 31.7 Å². The molecule has 20 heavy (non-hydrogen) atoms. The molecule has 1 fully saturated rings. The first-order chi connectivity index (χ1) is 9.51. The van der Waals surface area contributed by atoms with E-state index in [-0.39, 0.29) is 0 Å². The first-order valence-corrected chi connectivity index (χ1v) is 7.70. The highest BCUT2D eigenvalue weighted by Gasteiger charge is 2.26. The van der Waals surface area contributed by atoms with Crippen LogP contribution in [0.5, 0.6) is 0 Å². The molecule has 1 aliphatic heterocycles. The van der Waals surface area contributed by atoms with Gasteiger partial charge in [-0.15, -0.1) is 0 Å². The Bertz CT molecular complexity index is 414.